The molecule has 1 N–H and O–H groups in total. The van der Waals surface area contributed by atoms with Crippen molar-refractivity contribution in [2.24, 2.45) is 0 Å². The van der Waals surface area contributed by atoms with Gasteiger partial charge in [-0.25, -0.2) is 4.79 Å². The molecule has 1 atom stereocenters. The van der Waals surface area contributed by atoms with E-state index in [9.17, 15) is 9.59 Å². The van der Waals surface area contributed by atoms with Gasteiger partial charge >= 0.3 is 6.03 Å². The van der Waals surface area contributed by atoms with E-state index in [-0.39, 0.29) is 36.4 Å². The minimum absolute atomic E-state index is 0.0868. The molecule has 42 heavy (non-hydrogen) atoms. The van der Waals surface area contributed by atoms with Crippen LogP contribution in [0.3, 0.4) is 0 Å². The van der Waals surface area contributed by atoms with Crippen LogP contribution in [0.2, 0.25) is 5.02 Å². The molecule has 0 fully saturated rings. The maximum absolute atomic E-state index is 14.4. The summed E-state index contributed by atoms with van der Waals surface area (Å²) < 4.78 is 2.12. The summed E-state index contributed by atoms with van der Waals surface area (Å²) in [5, 5.41) is 3.81. The van der Waals surface area contributed by atoms with E-state index in [1.54, 1.807) is 4.90 Å². The molecular weight excluding hydrogens is 544 g/mol. The van der Waals surface area contributed by atoms with Crippen molar-refractivity contribution in [3.05, 3.63) is 112 Å². The lowest BCUT2D eigenvalue weighted by atomic mass is 9.93. The Hall–Kier alpha value is -4.03. The van der Waals surface area contributed by atoms with E-state index in [1.807, 2.05) is 91.7 Å². The van der Waals surface area contributed by atoms with Crippen LogP contribution in [-0.4, -0.2) is 34.0 Å². The van der Waals surface area contributed by atoms with Crippen molar-refractivity contribution in [2.45, 2.75) is 65.5 Å². The predicted octanol–water partition coefficient (Wildman–Crippen LogP) is 8.76. The molecule has 1 aliphatic heterocycles. The Morgan fingerprint density at radius 1 is 0.833 bits per heavy atom. The van der Waals surface area contributed by atoms with Crippen LogP contribution < -0.4 is 10.2 Å². The molecule has 0 bridgehead atoms. The van der Waals surface area contributed by atoms with E-state index in [0.29, 0.717) is 5.02 Å². The number of aromatic nitrogens is 1. The molecule has 0 saturated carbocycles. The largest absolute Gasteiger partial charge is 0.322 e. The second-order valence-corrected chi connectivity index (χ2v) is 12.2. The van der Waals surface area contributed by atoms with Gasteiger partial charge in [-0.05, 0) is 78.8 Å². The Bertz CT molecular complexity index is 1580. The Kier molecular flexibility index (Phi) is 8.46. The summed E-state index contributed by atoms with van der Waals surface area (Å²) in [6.45, 7) is 12.3. The van der Waals surface area contributed by atoms with Crippen LogP contribution in [0, 0.1) is 0 Å². The first-order valence-electron chi connectivity index (χ1n) is 14.6. The number of hydrogen-bond donors (Lipinski definition) is 1. The number of carbonyl (C=O) groups is 2. The average Bonchev–Trinajstić information content (AvgIpc) is 3.44. The van der Waals surface area contributed by atoms with Crippen molar-refractivity contribution in [1.82, 2.24) is 9.47 Å². The molecular formula is C35H39ClN4O2. The number of benzene rings is 3. The lowest BCUT2D eigenvalue weighted by molar-refractivity contribution is -0.119. The van der Waals surface area contributed by atoms with Crippen LogP contribution >= 0.6 is 11.6 Å². The fourth-order valence-corrected chi connectivity index (χ4v) is 6.04. The molecule has 1 aliphatic rings. The third kappa shape index (κ3) is 5.56. The molecule has 6 nitrogen and oxygen atoms in total. The molecule has 7 heteroatoms. The number of fused-ring (bicyclic) bond motifs is 3. The summed E-state index contributed by atoms with van der Waals surface area (Å²) in [6, 6.07) is 24.8. The number of carbonyl (C=O) groups excluding carboxylic acids is 2. The van der Waals surface area contributed by atoms with E-state index in [2.05, 4.69) is 49.7 Å². The zero-order valence-electron chi connectivity index (χ0n) is 25.1. The highest BCUT2D eigenvalue weighted by molar-refractivity contribution is 6.30. The van der Waals surface area contributed by atoms with E-state index in [4.69, 9.17) is 11.6 Å². The number of nitrogens with one attached hydrogen (secondary N) is 1. The summed E-state index contributed by atoms with van der Waals surface area (Å²) in [6.07, 6.45) is 2.01. The first-order valence-corrected chi connectivity index (χ1v) is 15.0. The van der Waals surface area contributed by atoms with Crippen LogP contribution in [0.25, 0.3) is 5.69 Å². The molecule has 1 aromatic heterocycles. The van der Waals surface area contributed by atoms with Crippen LogP contribution in [0.4, 0.5) is 16.2 Å². The molecule has 0 aliphatic carbocycles. The van der Waals surface area contributed by atoms with Crippen molar-refractivity contribution in [3.63, 3.8) is 0 Å². The van der Waals surface area contributed by atoms with E-state index in [0.717, 1.165) is 39.4 Å². The highest BCUT2D eigenvalue weighted by atomic mass is 35.5. The van der Waals surface area contributed by atoms with Crippen LogP contribution in [-0.2, 0) is 4.79 Å². The van der Waals surface area contributed by atoms with Gasteiger partial charge in [0.2, 0.25) is 5.91 Å². The van der Waals surface area contributed by atoms with Gasteiger partial charge in [-0.3, -0.25) is 9.69 Å². The third-order valence-corrected chi connectivity index (χ3v) is 8.18. The lowest BCUT2D eigenvalue weighted by Crippen LogP contribution is -2.49. The SMILES string of the molecule is CC(C)c1cccc(C(C)C)c1NC(=O)N(CC(=O)N1c2ccccc2-n2cccc2C1c1cccc(Cl)c1)C(C)C. The number of halogens is 1. The number of urea groups is 1. The normalized spacial score (nSPS) is 14.2. The average molecular weight is 583 g/mol. The quantitative estimate of drug-likeness (QED) is 0.237. The second kappa shape index (κ2) is 12.1. The summed E-state index contributed by atoms with van der Waals surface area (Å²) in [5.74, 6) is 0.283. The fraction of sp³-hybridized carbons (Fsp3) is 0.314. The molecule has 3 aromatic carbocycles. The molecule has 0 radical (unpaired) electrons. The molecule has 0 spiro atoms. The Balaban J connectivity index is 1.53. The van der Waals surface area contributed by atoms with E-state index < -0.39 is 6.04 Å². The lowest BCUT2D eigenvalue weighted by Gasteiger charge is -2.40. The zero-order chi connectivity index (χ0) is 30.1. The highest BCUT2D eigenvalue weighted by Gasteiger charge is 2.37. The molecule has 5 rings (SSSR count). The number of para-hydroxylation sites is 3. The number of nitrogens with zero attached hydrogens (tertiary/aromatic N) is 3. The minimum atomic E-state index is -0.410. The Morgan fingerprint density at radius 3 is 2.10 bits per heavy atom. The molecule has 0 saturated heterocycles. The summed E-state index contributed by atoms with van der Waals surface area (Å²) in [4.78, 5) is 31.8. The van der Waals surface area contributed by atoms with E-state index in [1.165, 1.54) is 0 Å². The monoisotopic (exact) mass is 582 g/mol. The van der Waals surface area contributed by atoms with Crippen LogP contribution in [0.1, 0.15) is 81.8 Å². The van der Waals surface area contributed by atoms with Gasteiger partial charge in [0.1, 0.15) is 12.6 Å². The molecule has 1 unspecified atom stereocenters. The number of amides is 3. The minimum Gasteiger partial charge on any atom is -0.316 e. The van der Waals surface area contributed by atoms with Crippen LogP contribution in [0.5, 0.6) is 0 Å². The second-order valence-electron chi connectivity index (χ2n) is 11.8. The van der Waals surface area contributed by atoms with Gasteiger partial charge in [-0.1, -0.05) is 81.8 Å². The molecule has 3 amide bonds. The van der Waals surface area contributed by atoms with Crippen molar-refractivity contribution < 1.29 is 9.59 Å². The third-order valence-electron chi connectivity index (χ3n) is 7.95. The summed E-state index contributed by atoms with van der Waals surface area (Å²) >= 11 is 6.44. The van der Waals surface area contributed by atoms with Crippen LogP contribution in [0.15, 0.2) is 85.1 Å². The Morgan fingerprint density at radius 2 is 1.48 bits per heavy atom. The highest BCUT2D eigenvalue weighted by Crippen LogP contribution is 2.43. The first kappa shape index (κ1) is 29.5. The van der Waals surface area contributed by atoms with Gasteiger partial charge in [-0.15, -0.1) is 0 Å². The van der Waals surface area contributed by atoms with Gasteiger partial charge in [0, 0.05) is 22.9 Å². The van der Waals surface area contributed by atoms with Gasteiger partial charge in [0.15, 0.2) is 0 Å². The maximum Gasteiger partial charge on any atom is 0.322 e. The smallest absolute Gasteiger partial charge is 0.316 e. The van der Waals surface area contributed by atoms with E-state index >= 15 is 0 Å². The summed E-state index contributed by atoms with van der Waals surface area (Å²) in [7, 11) is 0. The predicted molar refractivity (Wildman–Crippen MR) is 172 cm³/mol. The number of rotatable bonds is 7. The topological polar surface area (TPSA) is 57.6 Å². The fourth-order valence-electron chi connectivity index (χ4n) is 5.84. The van der Waals surface area contributed by atoms with Gasteiger partial charge in [-0.2, -0.15) is 0 Å². The van der Waals surface area contributed by atoms with Crippen molar-refractivity contribution in [3.8, 4) is 5.69 Å². The van der Waals surface area contributed by atoms with Crippen molar-refractivity contribution >= 4 is 34.9 Å². The summed E-state index contributed by atoms with van der Waals surface area (Å²) in [5.41, 5.74) is 6.55. The van der Waals surface area contributed by atoms with Gasteiger partial charge in [0.25, 0.3) is 0 Å². The van der Waals surface area contributed by atoms with Gasteiger partial charge in [0.05, 0.1) is 17.1 Å². The van der Waals surface area contributed by atoms with Crippen molar-refractivity contribution in [1.29, 1.82) is 0 Å². The maximum atomic E-state index is 14.4. The zero-order valence-corrected chi connectivity index (χ0v) is 25.9. The first-order chi connectivity index (χ1) is 20.1. The standard InChI is InChI=1S/C35H39ClN4O2/c1-22(2)27-14-10-15-28(23(3)4)33(27)37-35(42)39(24(5)6)21-32(41)40-30-17-8-7-16-29(30)38-19-11-18-31(38)34(40)25-12-9-13-26(36)20-25/h7-20,22-24,34H,21H2,1-6H3,(H,37,42). The number of hydrogen-bond acceptors (Lipinski definition) is 2. The molecule has 2 heterocycles. The van der Waals surface area contributed by atoms with Crippen molar-refractivity contribution in [2.75, 3.05) is 16.8 Å². The van der Waals surface area contributed by atoms with Gasteiger partial charge < -0.3 is 14.8 Å². The Labute approximate surface area is 253 Å². The molecule has 4 aromatic rings. The number of anilines is 2. The molecule has 218 valence electrons.